The van der Waals surface area contributed by atoms with Crippen molar-refractivity contribution in [1.29, 1.82) is 0 Å². The summed E-state index contributed by atoms with van der Waals surface area (Å²) in [4.78, 5) is 16.0. The van der Waals surface area contributed by atoms with E-state index in [2.05, 4.69) is 10.8 Å². The molecule has 13 heavy (non-hydrogen) atoms. The van der Waals surface area contributed by atoms with Crippen LogP contribution in [0.3, 0.4) is 0 Å². The summed E-state index contributed by atoms with van der Waals surface area (Å²) < 4.78 is 0. The molecule has 4 heteroatoms. The molecule has 0 spiro atoms. The van der Waals surface area contributed by atoms with Gasteiger partial charge < -0.3 is 5.32 Å². The third-order valence-corrected chi connectivity index (χ3v) is 1.07. The lowest BCUT2D eigenvalue weighted by Gasteiger charge is -2.20. The van der Waals surface area contributed by atoms with Crippen LogP contribution in [0.2, 0.25) is 0 Å². The van der Waals surface area contributed by atoms with Crippen LogP contribution in [-0.4, -0.2) is 18.2 Å². The summed E-state index contributed by atoms with van der Waals surface area (Å²) in [6, 6.07) is -0.298. The minimum atomic E-state index is -0.298. The normalized spacial score (nSPS) is 11.5. The highest BCUT2D eigenvalue weighted by atomic mass is 16.7. The van der Waals surface area contributed by atoms with E-state index in [0.29, 0.717) is 12.5 Å². The number of nitrogens with one attached hydrogen (secondary N) is 2. The lowest BCUT2D eigenvalue weighted by atomic mass is 10.1. The van der Waals surface area contributed by atoms with Gasteiger partial charge in [0.15, 0.2) is 0 Å². The SMILES string of the molecule is CC(C)CONC(=O)NC(C)(C)C. The quantitative estimate of drug-likeness (QED) is 0.662. The van der Waals surface area contributed by atoms with Gasteiger partial charge in [-0.15, -0.1) is 0 Å². The molecule has 0 rings (SSSR count). The number of urea groups is 1. The monoisotopic (exact) mass is 188 g/mol. The van der Waals surface area contributed by atoms with Crippen molar-refractivity contribution in [3.05, 3.63) is 0 Å². The fraction of sp³-hybridized carbons (Fsp3) is 0.889. The minimum absolute atomic E-state index is 0.231. The Morgan fingerprint density at radius 3 is 2.31 bits per heavy atom. The molecule has 0 heterocycles. The van der Waals surface area contributed by atoms with Crippen molar-refractivity contribution in [2.45, 2.75) is 40.2 Å². The molecule has 0 aliphatic carbocycles. The first-order chi connectivity index (χ1) is 5.81. The Kier molecular flexibility index (Phi) is 4.77. The molecule has 78 valence electrons. The van der Waals surface area contributed by atoms with Gasteiger partial charge in [0.05, 0.1) is 6.61 Å². The van der Waals surface area contributed by atoms with E-state index in [0.717, 1.165) is 0 Å². The van der Waals surface area contributed by atoms with Crippen molar-refractivity contribution >= 4 is 6.03 Å². The number of rotatable bonds is 3. The van der Waals surface area contributed by atoms with E-state index < -0.39 is 0 Å². The predicted octanol–water partition coefficient (Wildman–Crippen LogP) is 1.67. The first-order valence-electron chi connectivity index (χ1n) is 4.51. The highest BCUT2D eigenvalue weighted by Gasteiger charge is 2.13. The number of amides is 2. The van der Waals surface area contributed by atoms with E-state index in [1.807, 2.05) is 34.6 Å². The average molecular weight is 188 g/mol. The summed E-state index contributed by atoms with van der Waals surface area (Å²) in [7, 11) is 0. The van der Waals surface area contributed by atoms with Gasteiger partial charge in [-0.05, 0) is 26.7 Å². The van der Waals surface area contributed by atoms with Gasteiger partial charge in [-0.25, -0.2) is 10.3 Å². The fourth-order valence-corrected chi connectivity index (χ4v) is 0.640. The van der Waals surface area contributed by atoms with Crippen LogP contribution >= 0.6 is 0 Å². The van der Waals surface area contributed by atoms with Gasteiger partial charge in [0, 0.05) is 5.54 Å². The average Bonchev–Trinajstić information content (AvgIpc) is 1.81. The van der Waals surface area contributed by atoms with Crippen molar-refractivity contribution in [2.75, 3.05) is 6.61 Å². The fourth-order valence-electron chi connectivity index (χ4n) is 0.640. The molecule has 4 nitrogen and oxygen atoms in total. The molecule has 0 aliphatic rings. The van der Waals surface area contributed by atoms with E-state index in [1.165, 1.54) is 0 Å². The molecule has 2 amide bonds. The predicted molar refractivity (Wildman–Crippen MR) is 52.2 cm³/mol. The second-order valence-corrected chi connectivity index (χ2v) is 4.51. The molecule has 0 aromatic rings. The molecule has 0 aromatic carbocycles. The Bertz CT molecular complexity index is 161. The van der Waals surface area contributed by atoms with E-state index in [-0.39, 0.29) is 11.6 Å². The second-order valence-electron chi connectivity index (χ2n) is 4.51. The Balaban J connectivity index is 3.53. The third kappa shape index (κ3) is 9.14. The zero-order valence-electron chi connectivity index (χ0n) is 9.10. The smallest absolute Gasteiger partial charge is 0.332 e. The molecular formula is C9H20N2O2. The van der Waals surface area contributed by atoms with E-state index in [9.17, 15) is 4.79 Å². The highest BCUT2D eigenvalue weighted by Crippen LogP contribution is 1.97. The van der Waals surface area contributed by atoms with Gasteiger partial charge in [-0.2, -0.15) is 0 Å². The van der Waals surface area contributed by atoms with E-state index >= 15 is 0 Å². The van der Waals surface area contributed by atoms with Crippen molar-refractivity contribution in [2.24, 2.45) is 5.92 Å². The lowest BCUT2D eigenvalue weighted by molar-refractivity contribution is 0.0423. The van der Waals surface area contributed by atoms with Crippen LogP contribution in [0.4, 0.5) is 4.79 Å². The Morgan fingerprint density at radius 2 is 1.92 bits per heavy atom. The Morgan fingerprint density at radius 1 is 1.38 bits per heavy atom. The van der Waals surface area contributed by atoms with E-state index in [4.69, 9.17) is 4.84 Å². The van der Waals surface area contributed by atoms with Crippen molar-refractivity contribution in [1.82, 2.24) is 10.8 Å². The minimum Gasteiger partial charge on any atom is -0.332 e. The zero-order valence-corrected chi connectivity index (χ0v) is 9.10. The van der Waals surface area contributed by atoms with Gasteiger partial charge in [0.25, 0.3) is 0 Å². The summed E-state index contributed by atoms with van der Waals surface area (Å²) in [5.74, 6) is 0.412. The maximum Gasteiger partial charge on any atom is 0.339 e. The van der Waals surface area contributed by atoms with Gasteiger partial charge in [-0.1, -0.05) is 13.8 Å². The summed E-state index contributed by atoms with van der Waals surface area (Å²) in [5.41, 5.74) is 2.09. The molecule has 0 aromatic heterocycles. The lowest BCUT2D eigenvalue weighted by Crippen LogP contribution is -2.46. The molecule has 2 N–H and O–H groups in total. The third-order valence-electron chi connectivity index (χ3n) is 1.07. The summed E-state index contributed by atoms with van der Waals surface area (Å²) in [6.45, 7) is 10.3. The maximum absolute atomic E-state index is 11.1. The summed E-state index contributed by atoms with van der Waals surface area (Å²) >= 11 is 0. The van der Waals surface area contributed by atoms with Crippen molar-refractivity contribution < 1.29 is 9.63 Å². The highest BCUT2D eigenvalue weighted by molar-refractivity contribution is 5.73. The van der Waals surface area contributed by atoms with Gasteiger partial charge >= 0.3 is 6.03 Å². The van der Waals surface area contributed by atoms with Gasteiger partial charge in [-0.3, -0.25) is 4.84 Å². The van der Waals surface area contributed by atoms with Crippen LogP contribution in [0.1, 0.15) is 34.6 Å². The summed E-state index contributed by atoms with van der Waals surface area (Å²) in [6.07, 6.45) is 0. The Labute approximate surface area is 80.0 Å². The molecule has 0 radical (unpaired) electrons. The van der Waals surface area contributed by atoms with Crippen molar-refractivity contribution in [3.8, 4) is 0 Å². The summed E-state index contributed by atoms with van der Waals surface area (Å²) in [5, 5.41) is 2.72. The van der Waals surface area contributed by atoms with Crippen LogP contribution in [0, 0.1) is 5.92 Å². The van der Waals surface area contributed by atoms with E-state index in [1.54, 1.807) is 0 Å². The molecule has 0 atom stereocenters. The van der Waals surface area contributed by atoms with Crippen LogP contribution in [-0.2, 0) is 4.84 Å². The molecule has 0 saturated carbocycles. The molecule has 0 fully saturated rings. The van der Waals surface area contributed by atoms with Crippen LogP contribution < -0.4 is 10.8 Å². The number of hydrogen-bond acceptors (Lipinski definition) is 2. The molecular weight excluding hydrogens is 168 g/mol. The van der Waals surface area contributed by atoms with Crippen LogP contribution in [0.5, 0.6) is 0 Å². The van der Waals surface area contributed by atoms with Crippen molar-refractivity contribution in [3.63, 3.8) is 0 Å². The molecule has 0 saturated heterocycles. The standard InChI is InChI=1S/C9H20N2O2/c1-7(2)6-13-11-8(12)10-9(3,4)5/h7H,6H2,1-5H3,(H2,10,11,12). The first kappa shape index (κ1) is 12.2. The van der Waals surface area contributed by atoms with Gasteiger partial charge in [0.1, 0.15) is 0 Å². The topological polar surface area (TPSA) is 50.4 Å². The maximum atomic E-state index is 11.1. The van der Waals surface area contributed by atoms with Crippen LogP contribution in [0.25, 0.3) is 0 Å². The van der Waals surface area contributed by atoms with Gasteiger partial charge in [0.2, 0.25) is 0 Å². The molecule has 0 bridgehead atoms. The Hall–Kier alpha value is -0.770. The number of carbonyl (C=O) groups excluding carboxylic acids is 1. The molecule has 0 unspecified atom stereocenters. The largest absolute Gasteiger partial charge is 0.339 e. The van der Waals surface area contributed by atoms with Crippen LogP contribution in [0.15, 0.2) is 0 Å². The number of carbonyl (C=O) groups is 1. The molecule has 0 aliphatic heterocycles. The second kappa shape index (κ2) is 5.07. The first-order valence-corrected chi connectivity index (χ1v) is 4.51. The number of hydrogen-bond donors (Lipinski definition) is 2. The zero-order chi connectivity index (χ0) is 10.5. The number of hydroxylamine groups is 1.